The molecule has 0 saturated carbocycles. The van der Waals surface area contributed by atoms with Gasteiger partial charge in [0.25, 0.3) is 11.8 Å². The van der Waals surface area contributed by atoms with E-state index < -0.39 is 5.97 Å². The van der Waals surface area contributed by atoms with E-state index in [0.29, 0.717) is 17.8 Å². The molecule has 0 heterocycles. The maximum absolute atomic E-state index is 13.0. The number of benzene rings is 4. The van der Waals surface area contributed by atoms with Crippen molar-refractivity contribution >= 4 is 23.5 Å². The molecule has 0 fully saturated rings. The lowest BCUT2D eigenvalue weighted by molar-refractivity contribution is -0.114. The van der Waals surface area contributed by atoms with Crippen molar-refractivity contribution in [2.24, 2.45) is 0 Å². The number of carboxylic acids is 1. The normalized spacial score (nSPS) is 10.4. The lowest BCUT2D eigenvalue weighted by Gasteiger charge is -2.23. The van der Waals surface area contributed by atoms with Crippen LogP contribution in [0.5, 0.6) is 5.75 Å². The summed E-state index contributed by atoms with van der Waals surface area (Å²) in [5.74, 6) is -2.23. The zero-order valence-corrected chi connectivity index (χ0v) is 22.3. The van der Waals surface area contributed by atoms with Crippen molar-refractivity contribution in [3.05, 3.63) is 131 Å². The number of nitrogens with one attached hydrogen (secondary N) is 1. The smallest absolute Gasteiger partial charge is 0.339 e. The highest BCUT2D eigenvalue weighted by Gasteiger charge is 2.19. The van der Waals surface area contributed by atoms with Crippen molar-refractivity contribution in [3.8, 4) is 16.9 Å². The zero-order valence-electron chi connectivity index (χ0n) is 22.3. The average molecular weight is 535 g/mol. The number of anilines is 1. The first-order valence-electron chi connectivity index (χ1n) is 12.8. The van der Waals surface area contributed by atoms with E-state index in [9.17, 15) is 24.6 Å². The first-order chi connectivity index (χ1) is 19.2. The van der Waals surface area contributed by atoms with Gasteiger partial charge < -0.3 is 20.4 Å². The molecule has 0 aliphatic heterocycles. The Morgan fingerprint density at radius 3 is 2.05 bits per heavy atom. The molecule has 7 nitrogen and oxygen atoms in total. The van der Waals surface area contributed by atoms with Crippen LogP contribution in [-0.4, -0.2) is 28.0 Å². The van der Waals surface area contributed by atoms with Gasteiger partial charge in [0.15, 0.2) is 0 Å². The molecule has 3 N–H and O–H groups in total. The Labute approximate surface area is 233 Å². The molecular formula is C33H30N2O5. The fourth-order valence-corrected chi connectivity index (χ4v) is 4.16. The number of nitrogens with zero attached hydrogens (tertiary/aromatic N) is 1. The lowest BCUT2D eigenvalue weighted by atomic mass is 10.0. The average Bonchev–Trinajstić information content (AvgIpc) is 2.95. The molecule has 0 aliphatic carbocycles. The van der Waals surface area contributed by atoms with E-state index in [2.05, 4.69) is 17.4 Å². The number of aromatic carboxylic acids is 1. The van der Waals surface area contributed by atoms with Crippen LogP contribution in [0.3, 0.4) is 0 Å². The van der Waals surface area contributed by atoms with Crippen LogP contribution in [0.15, 0.2) is 109 Å². The molecule has 0 atom stereocenters. The molecule has 0 saturated heterocycles. The summed E-state index contributed by atoms with van der Waals surface area (Å²) >= 11 is 0. The number of hydrogen-bond acceptors (Lipinski definition) is 4. The van der Waals surface area contributed by atoms with Gasteiger partial charge >= 0.3 is 5.97 Å². The molecular weight excluding hydrogens is 504 g/mol. The predicted molar refractivity (Wildman–Crippen MR) is 155 cm³/mol. The summed E-state index contributed by atoms with van der Waals surface area (Å²) in [6, 6.07) is 29.0. The molecule has 0 spiro atoms. The SMILES string of the molecule is CC(C)=CC(=O)N(Cc1ccc(C(=O)NCc2ccc(-c3ccccc3)cc2)cc1)c1ccc(O)c(C(=O)O)c1. The van der Waals surface area contributed by atoms with Crippen LogP contribution >= 0.6 is 0 Å². The van der Waals surface area contributed by atoms with Crippen molar-refractivity contribution in [1.82, 2.24) is 5.32 Å². The number of carboxylic acid groups (broad SMARTS) is 1. The first kappa shape index (κ1) is 27.9. The highest BCUT2D eigenvalue weighted by Crippen LogP contribution is 2.26. The molecule has 2 amide bonds. The minimum absolute atomic E-state index is 0.141. The second kappa shape index (κ2) is 12.6. The van der Waals surface area contributed by atoms with Gasteiger partial charge in [-0.2, -0.15) is 0 Å². The Morgan fingerprint density at radius 1 is 0.800 bits per heavy atom. The summed E-state index contributed by atoms with van der Waals surface area (Å²) in [5.41, 5.74) is 5.26. The van der Waals surface area contributed by atoms with Gasteiger partial charge in [-0.25, -0.2) is 4.79 Å². The number of allylic oxidation sites excluding steroid dienone is 1. The fraction of sp³-hybridized carbons (Fsp3) is 0.121. The summed E-state index contributed by atoms with van der Waals surface area (Å²) in [7, 11) is 0. The molecule has 4 aromatic rings. The van der Waals surface area contributed by atoms with Gasteiger partial charge in [0, 0.05) is 23.9 Å². The molecule has 40 heavy (non-hydrogen) atoms. The van der Waals surface area contributed by atoms with E-state index in [4.69, 9.17) is 0 Å². The quantitative estimate of drug-likeness (QED) is 0.222. The van der Waals surface area contributed by atoms with Gasteiger partial charge in [-0.05, 0) is 66.4 Å². The van der Waals surface area contributed by atoms with Crippen molar-refractivity contribution in [1.29, 1.82) is 0 Å². The third-order valence-corrected chi connectivity index (χ3v) is 6.27. The Morgan fingerprint density at radius 2 is 1.43 bits per heavy atom. The van der Waals surface area contributed by atoms with Gasteiger partial charge in [0.2, 0.25) is 0 Å². The van der Waals surface area contributed by atoms with E-state index in [1.165, 1.54) is 29.2 Å². The number of amides is 2. The number of phenols is 1. The largest absolute Gasteiger partial charge is 0.507 e. The van der Waals surface area contributed by atoms with Crippen LogP contribution < -0.4 is 10.2 Å². The Kier molecular flexibility index (Phi) is 8.76. The molecule has 0 aliphatic rings. The minimum Gasteiger partial charge on any atom is -0.507 e. The van der Waals surface area contributed by atoms with Gasteiger partial charge in [-0.15, -0.1) is 0 Å². The summed E-state index contributed by atoms with van der Waals surface area (Å²) < 4.78 is 0. The fourth-order valence-electron chi connectivity index (χ4n) is 4.16. The number of rotatable bonds is 9. The van der Waals surface area contributed by atoms with Crippen LogP contribution in [-0.2, 0) is 17.9 Å². The summed E-state index contributed by atoms with van der Waals surface area (Å²) in [4.78, 5) is 38.7. The molecule has 0 unspecified atom stereocenters. The summed E-state index contributed by atoms with van der Waals surface area (Å²) in [6.07, 6.45) is 1.46. The van der Waals surface area contributed by atoms with E-state index >= 15 is 0 Å². The van der Waals surface area contributed by atoms with Crippen molar-refractivity contribution < 1.29 is 24.6 Å². The predicted octanol–water partition coefficient (Wildman–Crippen LogP) is 6.19. The van der Waals surface area contributed by atoms with Gasteiger partial charge in [0.1, 0.15) is 11.3 Å². The number of aromatic hydroxyl groups is 1. The minimum atomic E-state index is -1.29. The van der Waals surface area contributed by atoms with Crippen LogP contribution in [0.4, 0.5) is 5.69 Å². The first-order valence-corrected chi connectivity index (χ1v) is 12.8. The van der Waals surface area contributed by atoms with Gasteiger partial charge in [0.05, 0.1) is 6.54 Å². The van der Waals surface area contributed by atoms with Gasteiger partial charge in [-0.3, -0.25) is 9.59 Å². The lowest BCUT2D eigenvalue weighted by Crippen LogP contribution is -2.29. The molecule has 4 rings (SSSR count). The van der Waals surface area contributed by atoms with Gasteiger partial charge in [-0.1, -0.05) is 72.3 Å². The topological polar surface area (TPSA) is 107 Å². The van der Waals surface area contributed by atoms with E-state index in [1.807, 2.05) is 42.5 Å². The molecule has 7 heteroatoms. The van der Waals surface area contributed by atoms with E-state index in [0.717, 1.165) is 27.8 Å². The molecule has 0 bridgehead atoms. The third-order valence-electron chi connectivity index (χ3n) is 6.27. The zero-order chi connectivity index (χ0) is 28.6. The molecule has 4 aromatic carbocycles. The van der Waals surface area contributed by atoms with Crippen LogP contribution in [0.1, 0.15) is 45.7 Å². The second-order valence-corrected chi connectivity index (χ2v) is 9.60. The summed E-state index contributed by atoms with van der Waals surface area (Å²) in [5, 5.41) is 22.2. The second-order valence-electron chi connectivity index (χ2n) is 9.60. The Balaban J connectivity index is 1.44. The highest BCUT2D eigenvalue weighted by molar-refractivity contribution is 6.03. The highest BCUT2D eigenvalue weighted by atomic mass is 16.4. The molecule has 0 aromatic heterocycles. The van der Waals surface area contributed by atoms with Crippen LogP contribution in [0.25, 0.3) is 11.1 Å². The third kappa shape index (κ3) is 7.02. The maximum Gasteiger partial charge on any atom is 0.339 e. The van der Waals surface area contributed by atoms with E-state index in [-0.39, 0.29) is 29.7 Å². The maximum atomic E-state index is 13.0. The van der Waals surface area contributed by atoms with Crippen LogP contribution in [0, 0.1) is 0 Å². The number of carbonyl (C=O) groups excluding carboxylic acids is 2. The number of hydrogen-bond donors (Lipinski definition) is 3. The number of carbonyl (C=O) groups is 3. The molecule has 0 radical (unpaired) electrons. The van der Waals surface area contributed by atoms with Crippen molar-refractivity contribution in [3.63, 3.8) is 0 Å². The Bertz CT molecular complexity index is 1540. The van der Waals surface area contributed by atoms with Crippen molar-refractivity contribution in [2.75, 3.05) is 4.90 Å². The Hall–Kier alpha value is -5.17. The van der Waals surface area contributed by atoms with Crippen LogP contribution in [0.2, 0.25) is 0 Å². The monoisotopic (exact) mass is 534 g/mol. The standard InChI is InChI=1S/C33H30N2O5/c1-22(2)18-31(37)35(28-16-17-30(36)29(19-28)33(39)40)21-24-10-14-27(15-11-24)32(38)34-20-23-8-12-26(13-9-23)25-6-4-3-5-7-25/h3-19,36H,20-21H2,1-2H3,(H,34,38)(H,39,40). The van der Waals surface area contributed by atoms with E-state index in [1.54, 1.807) is 38.1 Å². The van der Waals surface area contributed by atoms with Crippen molar-refractivity contribution in [2.45, 2.75) is 26.9 Å². The molecule has 202 valence electrons. The summed E-state index contributed by atoms with van der Waals surface area (Å²) in [6.45, 7) is 4.11.